The molecule has 4 amide bonds. The summed E-state index contributed by atoms with van der Waals surface area (Å²) in [7, 11) is 0. The van der Waals surface area contributed by atoms with E-state index in [1.807, 2.05) is 0 Å². The number of fused-ring (bicyclic) bond motifs is 1. The summed E-state index contributed by atoms with van der Waals surface area (Å²) < 4.78 is 0. The number of primary amides is 1. The van der Waals surface area contributed by atoms with Crippen LogP contribution in [0.2, 0.25) is 0 Å². The number of hydrogen-bond donors (Lipinski definition) is 9. The first-order valence-corrected chi connectivity index (χ1v) is 12.9. The number of aromatic amines is 1. The van der Waals surface area contributed by atoms with E-state index in [1.54, 1.807) is 30.5 Å². The summed E-state index contributed by atoms with van der Waals surface area (Å²) in [5, 5.41) is 35.3. The molecule has 4 atom stereocenters. The van der Waals surface area contributed by atoms with Gasteiger partial charge in [0.25, 0.3) is 0 Å². The van der Waals surface area contributed by atoms with Crippen molar-refractivity contribution in [2.75, 3.05) is 0 Å². The standard InChI is InChI=1S/C26H34N6O10/c27-15(5-8-20(28)33)23(38)30-17(6-9-21(34)35)24(39)32-19(11-13-12-29-16-4-2-1-3-14(13)16)25(40)31-18(26(41)42)7-10-22(36)37/h1-4,12,15,17-19,29H,5-11,27H2,(H2,28,33)(H,30,38)(H,31,40)(H,32,39)(H,34,35)(H,36,37)(H,41,42). The molecule has 0 saturated carbocycles. The van der Waals surface area contributed by atoms with Gasteiger partial charge in [-0.3, -0.25) is 28.8 Å². The van der Waals surface area contributed by atoms with Gasteiger partial charge in [0.1, 0.15) is 18.1 Å². The molecule has 0 radical (unpaired) electrons. The van der Waals surface area contributed by atoms with E-state index in [2.05, 4.69) is 20.9 Å². The van der Waals surface area contributed by atoms with Crippen LogP contribution in [0.25, 0.3) is 10.9 Å². The van der Waals surface area contributed by atoms with Crippen molar-refractivity contribution in [2.24, 2.45) is 11.5 Å². The number of amides is 4. The summed E-state index contributed by atoms with van der Waals surface area (Å²) in [5.41, 5.74) is 12.1. The zero-order chi connectivity index (χ0) is 31.4. The number of benzene rings is 1. The Morgan fingerprint density at radius 3 is 1.88 bits per heavy atom. The number of aromatic nitrogens is 1. The Hall–Kier alpha value is -4.99. The van der Waals surface area contributed by atoms with E-state index in [9.17, 15) is 38.7 Å². The average Bonchev–Trinajstić information content (AvgIpc) is 3.33. The molecule has 4 unspecified atom stereocenters. The Morgan fingerprint density at radius 2 is 1.29 bits per heavy atom. The second-order valence-corrected chi connectivity index (χ2v) is 9.56. The van der Waals surface area contributed by atoms with Crippen molar-refractivity contribution in [3.63, 3.8) is 0 Å². The fourth-order valence-corrected chi connectivity index (χ4v) is 4.04. The van der Waals surface area contributed by atoms with Gasteiger partial charge >= 0.3 is 17.9 Å². The van der Waals surface area contributed by atoms with Crippen LogP contribution in [0.15, 0.2) is 30.5 Å². The maximum atomic E-state index is 13.3. The highest BCUT2D eigenvalue weighted by Gasteiger charge is 2.31. The zero-order valence-corrected chi connectivity index (χ0v) is 22.5. The third-order valence-corrected chi connectivity index (χ3v) is 6.31. The first-order chi connectivity index (χ1) is 19.8. The number of H-pyrrole nitrogens is 1. The van der Waals surface area contributed by atoms with Crippen LogP contribution in [0.1, 0.15) is 44.1 Å². The van der Waals surface area contributed by atoms with Crippen LogP contribution in [-0.2, 0) is 40.0 Å². The number of nitrogens with two attached hydrogens (primary N) is 2. The van der Waals surface area contributed by atoms with Gasteiger partial charge in [0.2, 0.25) is 23.6 Å². The maximum Gasteiger partial charge on any atom is 0.326 e. The molecular formula is C26H34N6O10. The van der Waals surface area contributed by atoms with Gasteiger partial charge in [-0.15, -0.1) is 0 Å². The van der Waals surface area contributed by atoms with Gasteiger partial charge in [-0.1, -0.05) is 18.2 Å². The third kappa shape index (κ3) is 10.5. The lowest BCUT2D eigenvalue weighted by molar-refractivity contribution is -0.143. The highest BCUT2D eigenvalue weighted by molar-refractivity contribution is 5.95. The van der Waals surface area contributed by atoms with E-state index in [-0.39, 0.29) is 25.7 Å². The number of carboxylic acid groups (broad SMARTS) is 3. The fourth-order valence-electron chi connectivity index (χ4n) is 4.04. The van der Waals surface area contributed by atoms with Crippen LogP contribution in [0.5, 0.6) is 0 Å². The summed E-state index contributed by atoms with van der Waals surface area (Å²) in [6.45, 7) is 0. The minimum Gasteiger partial charge on any atom is -0.481 e. The Balaban J connectivity index is 2.32. The zero-order valence-electron chi connectivity index (χ0n) is 22.5. The number of rotatable bonds is 18. The molecule has 1 aromatic heterocycles. The van der Waals surface area contributed by atoms with Gasteiger partial charge in [-0.25, -0.2) is 4.79 Å². The van der Waals surface area contributed by atoms with E-state index in [1.165, 1.54) is 0 Å². The number of para-hydroxylation sites is 1. The van der Waals surface area contributed by atoms with Crippen molar-refractivity contribution >= 4 is 52.4 Å². The molecule has 0 aliphatic rings. The number of carbonyl (C=O) groups excluding carboxylic acids is 4. The summed E-state index contributed by atoms with van der Waals surface area (Å²) in [5.74, 6) is -7.50. The molecule has 42 heavy (non-hydrogen) atoms. The minimum atomic E-state index is -1.58. The molecule has 0 fully saturated rings. The van der Waals surface area contributed by atoms with E-state index in [0.29, 0.717) is 10.9 Å². The second-order valence-electron chi connectivity index (χ2n) is 9.56. The van der Waals surface area contributed by atoms with Gasteiger partial charge in [0, 0.05) is 42.8 Å². The number of nitrogens with one attached hydrogen (secondary N) is 4. The average molecular weight is 591 g/mol. The van der Waals surface area contributed by atoms with Crippen LogP contribution in [0, 0.1) is 0 Å². The van der Waals surface area contributed by atoms with Gasteiger partial charge < -0.3 is 47.7 Å². The molecule has 1 aromatic carbocycles. The highest BCUT2D eigenvalue weighted by Crippen LogP contribution is 2.19. The summed E-state index contributed by atoms with van der Waals surface area (Å²) >= 11 is 0. The number of carboxylic acids is 3. The normalized spacial score (nSPS) is 13.7. The predicted molar refractivity (Wildman–Crippen MR) is 146 cm³/mol. The van der Waals surface area contributed by atoms with Crippen molar-refractivity contribution in [3.8, 4) is 0 Å². The molecule has 0 aliphatic heterocycles. The lowest BCUT2D eigenvalue weighted by atomic mass is 10.0. The predicted octanol–water partition coefficient (Wildman–Crippen LogP) is -1.43. The molecule has 0 spiro atoms. The van der Waals surface area contributed by atoms with E-state index in [4.69, 9.17) is 21.7 Å². The molecule has 1 heterocycles. The lowest BCUT2D eigenvalue weighted by Gasteiger charge is -2.25. The monoisotopic (exact) mass is 590 g/mol. The second kappa shape index (κ2) is 15.7. The van der Waals surface area contributed by atoms with Gasteiger partial charge in [-0.2, -0.15) is 0 Å². The Morgan fingerprint density at radius 1 is 0.738 bits per heavy atom. The lowest BCUT2D eigenvalue weighted by Crippen LogP contribution is -2.57. The van der Waals surface area contributed by atoms with Crippen LogP contribution in [0.3, 0.4) is 0 Å². The van der Waals surface area contributed by atoms with Crippen LogP contribution in [0.4, 0.5) is 0 Å². The molecular weight excluding hydrogens is 556 g/mol. The third-order valence-electron chi connectivity index (χ3n) is 6.31. The molecule has 16 nitrogen and oxygen atoms in total. The minimum absolute atomic E-state index is 0.132. The molecule has 11 N–H and O–H groups in total. The van der Waals surface area contributed by atoms with Crippen molar-refractivity contribution in [2.45, 2.75) is 69.1 Å². The van der Waals surface area contributed by atoms with Crippen LogP contribution >= 0.6 is 0 Å². The van der Waals surface area contributed by atoms with Gasteiger partial charge in [0.15, 0.2) is 0 Å². The maximum absolute atomic E-state index is 13.3. The number of aliphatic carboxylic acids is 3. The Labute approximate surface area is 239 Å². The van der Waals surface area contributed by atoms with Crippen molar-refractivity contribution < 1.29 is 48.9 Å². The van der Waals surface area contributed by atoms with Crippen LogP contribution < -0.4 is 27.4 Å². The summed E-state index contributed by atoms with van der Waals surface area (Å²) in [6, 6.07) is 1.35. The van der Waals surface area contributed by atoms with Gasteiger partial charge in [0.05, 0.1) is 6.04 Å². The highest BCUT2D eigenvalue weighted by atomic mass is 16.4. The molecule has 2 aromatic rings. The summed E-state index contributed by atoms with van der Waals surface area (Å²) in [4.78, 5) is 87.0. The van der Waals surface area contributed by atoms with Gasteiger partial charge in [-0.05, 0) is 30.9 Å². The van der Waals surface area contributed by atoms with E-state index < -0.39 is 85.0 Å². The number of hydrogen-bond acceptors (Lipinski definition) is 8. The smallest absolute Gasteiger partial charge is 0.326 e. The van der Waals surface area contributed by atoms with Crippen molar-refractivity contribution in [1.29, 1.82) is 0 Å². The molecule has 16 heteroatoms. The molecule has 0 saturated heterocycles. The van der Waals surface area contributed by atoms with Crippen molar-refractivity contribution in [3.05, 3.63) is 36.0 Å². The fraction of sp³-hybridized carbons (Fsp3) is 0.423. The molecule has 0 bridgehead atoms. The first-order valence-electron chi connectivity index (χ1n) is 12.9. The largest absolute Gasteiger partial charge is 0.481 e. The Bertz CT molecular complexity index is 1330. The number of carbonyl (C=O) groups is 7. The van der Waals surface area contributed by atoms with Crippen LogP contribution in [-0.4, -0.2) is 86.0 Å². The SMILES string of the molecule is NC(=O)CCC(N)C(=O)NC(CCC(=O)O)C(=O)NC(Cc1c[nH]c2ccccc12)C(=O)NC(CCC(=O)O)C(=O)O. The van der Waals surface area contributed by atoms with E-state index in [0.717, 1.165) is 5.52 Å². The Kier molecular flexibility index (Phi) is 12.4. The first kappa shape index (κ1) is 33.2. The van der Waals surface area contributed by atoms with E-state index >= 15 is 0 Å². The quantitative estimate of drug-likeness (QED) is 0.0970. The molecule has 2 rings (SSSR count). The summed E-state index contributed by atoms with van der Waals surface area (Å²) in [6.07, 6.45) is -0.784. The molecule has 228 valence electrons. The molecule has 0 aliphatic carbocycles. The topological polar surface area (TPSA) is 284 Å². The van der Waals surface area contributed by atoms with Crippen molar-refractivity contribution in [1.82, 2.24) is 20.9 Å².